The van der Waals surface area contributed by atoms with Gasteiger partial charge in [-0.1, -0.05) is 6.42 Å². The van der Waals surface area contributed by atoms with Gasteiger partial charge >= 0.3 is 0 Å². The lowest BCUT2D eigenvalue weighted by Crippen LogP contribution is -2.52. The van der Waals surface area contributed by atoms with E-state index in [1.165, 1.54) is 32.4 Å². The summed E-state index contributed by atoms with van der Waals surface area (Å²) in [6.45, 7) is 8.98. The molecule has 0 amide bonds. The summed E-state index contributed by atoms with van der Waals surface area (Å²) >= 11 is 0. The van der Waals surface area contributed by atoms with Gasteiger partial charge in [-0.05, 0) is 51.9 Å². The van der Waals surface area contributed by atoms with Gasteiger partial charge in [0.05, 0.1) is 12.8 Å². The van der Waals surface area contributed by atoms with Crippen molar-refractivity contribution >= 4 is 0 Å². The molecule has 0 spiro atoms. The van der Waals surface area contributed by atoms with Gasteiger partial charge in [-0.25, -0.2) is 0 Å². The van der Waals surface area contributed by atoms with Crippen molar-refractivity contribution in [2.45, 2.75) is 45.2 Å². The number of piperidine rings is 1. The van der Waals surface area contributed by atoms with Crippen LogP contribution in [0.5, 0.6) is 0 Å². The predicted octanol–water partition coefficient (Wildman–Crippen LogP) is 2.63. The van der Waals surface area contributed by atoms with Crippen molar-refractivity contribution in [1.82, 2.24) is 10.2 Å². The van der Waals surface area contributed by atoms with Crippen LogP contribution in [-0.4, -0.2) is 30.1 Å². The zero-order chi connectivity index (χ0) is 12.1. The third-order valence-corrected chi connectivity index (χ3v) is 3.65. The van der Waals surface area contributed by atoms with E-state index in [9.17, 15) is 0 Å². The monoisotopic (exact) mass is 236 g/mol. The van der Waals surface area contributed by atoms with Crippen molar-refractivity contribution in [2.75, 3.05) is 19.6 Å². The minimum absolute atomic E-state index is 0.243. The summed E-state index contributed by atoms with van der Waals surface area (Å²) in [5, 5.41) is 3.49. The lowest BCUT2D eigenvalue weighted by atomic mass is 9.98. The summed E-state index contributed by atoms with van der Waals surface area (Å²) < 4.78 is 5.32. The third-order valence-electron chi connectivity index (χ3n) is 3.65. The van der Waals surface area contributed by atoms with Crippen LogP contribution in [0.1, 0.15) is 38.9 Å². The maximum atomic E-state index is 5.32. The molecule has 3 nitrogen and oxygen atoms in total. The molecule has 2 heterocycles. The molecule has 1 N–H and O–H groups in total. The van der Waals surface area contributed by atoms with Gasteiger partial charge in [0.2, 0.25) is 0 Å². The molecule has 0 aromatic carbocycles. The van der Waals surface area contributed by atoms with Gasteiger partial charge in [0.15, 0.2) is 0 Å². The first-order valence-corrected chi connectivity index (χ1v) is 6.67. The molecule has 0 aliphatic carbocycles. The van der Waals surface area contributed by atoms with Crippen LogP contribution in [-0.2, 0) is 6.54 Å². The van der Waals surface area contributed by atoms with Crippen LogP contribution in [0.15, 0.2) is 22.8 Å². The lowest BCUT2D eigenvalue weighted by Gasteiger charge is -2.41. The van der Waals surface area contributed by atoms with E-state index in [1.807, 2.05) is 12.1 Å². The number of nitrogens with zero attached hydrogens (tertiary/aromatic N) is 1. The third kappa shape index (κ3) is 3.58. The molecule has 1 fully saturated rings. The van der Waals surface area contributed by atoms with Crippen LogP contribution >= 0.6 is 0 Å². The predicted molar refractivity (Wildman–Crippen MR) is 69.9 cm³/mol. The van der Waals surface area contributed by atoms with E-state index in [4.69, 9.17) is 4.42 Å². The molecule has 0 unspecified atom stereocenters. The number of hydrogen-bond donors (Lipinski definition) is 1. The Morgan fingerprint density at radius 3 is 2.71 bits per heavy atom. The van der Waals surface area contributed by atoms with Gasteiger partial charge in [0.25, 0.3) is 0 Å². The van der Waals surface area contributed by atoms with E-state index in [-0.39, 0.29) is 5.54 Å². The highest BCUT2D eigenvalue weighted by Gasteiger charge is 2.27. The average Bonchev–Trinajstić information content (AvgIpc) is 2.83. The molecule has 0 saturated carbocycles. The van der Waals surface area contributed by atoms with Crippen molar-refractivity contribution in [3.05, 3.63) is 24.2 Å². The Bertz CT molecular complexity index is 313. The Kier molecular flexibility index (Phi) is 4.24. The van der Waals surface area contributed by atoms with Gasteiger partial charge < -0.3 is 9.73 Å². The second kappa shape index (κ2) is 5.69. The van der Waals surface area contributed by atoms with Gasteiger partial charge in [-0.3, -0.25) is 4.90 Å². The van der Waals surface area contributed by atoms with Crippen molar-refractivity contribution in [1.29, 1.82) is 0 Å². The summed E-state index contributed by atoms with van der Waals surface area (Å²) in [4.78, 5) is 2.60. The summed E-state index contributed by atoms with van der Waals surface area (Å²) in [7, 11) is 0. The average molecular weight is 236 g/mol. The van der Waals surface area contributed by atoms with E-state index in [1.54, 1.807) is 6.26 Å². The van der Waals surface area contributed by atoms with Crippen molar-refractivity contribution in [2.24, 2.45) is 0 Å². The maximum Gasteiger partial charge on any atom is 0.117 e. The largest absolute Gasteiger partial charge is 0.468 e. The molecule has 0 radical (unpaired) electrons. The Hall–Kier alpha value is -0.800. The Morgan fingerprint density at radius 1 is 1.29 bits per heavy atom. The van der Waals surface area contributed by atoms with Crippen molar-refractivity contribution in [3.63, 3.8) is 0 Å². The minimum atomic E-state index is 0.243. The van der Waals surface area contributed by atoms with Gasteiger partial charge in [-0.15, -0.1) is 0 Å². The van der Waals surface area contributed by atoms with E-state index in [0.717, 1.165) is 18.8 Å². The summed E-state index contributed by atoms with van der Waals surface area (Å²) in [6.07, 6.45) is 5.82. The zero-order valence-electron chi connectivity index (χ0n) is 11.0. The number of nitrogens with one attached hydrogen (secondary N) is 1. The van der Waals surface area contributed by atoms with E-state index >= 15 is 0 Å². The molecule has 96 valence electrons. The minimum Gasteiger partial charge on any atom is -0.468 e. The van der Waals surface area contributed by atoms with Crippen LogP contribution in [0.3, 0.4) is 0 Å². The van der Waals surface area contributed by atoms with Crippen LogP contribution < -0.4 is 5.32 Å². The molecule has 17 heavy (non-hydrogen) atoms. The second-order valence-electron chi connectivity index (χ2n) is 5.54. The highest BCUT2D eigenvalue weighted by molar-refractivity contribution is 4.98. The molecule has 1 aliphatic heterocycles. The standard InChI is InChI=1S/C14H24N2O/c1-14(2,16-8-4-3-5-9-16)12-15-11-13-7-6-10-17-13/h6-7,10,15H,3-5,8-9,11-12H2,1-2H3. The number of hydrogen-bond acceptors (Lipinski definition) is 3. The quantitative estimate of drug-likeness (QED) is 0.852. The van der Waals surface area contributed by atoms with E-state index in [0.29, 0.717) is 0 Å². The molecule has 1 aromatic rings. The highest BCUT2D eigenvalue weighted by atomic mass is 16.3. The van der Waals surface area contributed by atoms with E-state index < -0.39 is 0 Å². The summed E-state index contributed by atoms with van der Waals surface area (Å²) in [5.41, 5.74) is 0.243. The SMILES string of the molecule is CC(C)(CNCc1ccco1)N1CCCCC1. The fourth-order valence-electron chi connectivity index (χ4n) is 2.52. The smallest absolute Gasteiger partial charge is 0.117 e. The molecule has 0 atom stereocenters. The first-order chi connectivity index (χ1) is 8.18. The van der Waals surface area contributed by atoms with Gasteiger partial charge in [0, 0.05) is 12.1 Å². The first kappa shape index (κ1) is 12.7. The molecule has 3 heteroatoms. The fraction of sp³-hybridized carbons (Fsp3) is 0.714. The molecular formula is C14H24N2O. The highest BCUT2D eigenvalue weighted by Crippen LogP contribution is 2.19. The van der Waals surface area contributed by atoms with Crippen LogP contribution in [0.4, 0.5) is 0 Å². The van der Waals surface area contributed by atoms with Crippen molar-refractivity contribution in [3.8, 4) is 0 Å². The Labute approximate surface area is 104 Å². The number of furan rings is 1. The van der Waals surface area contributed by atoms with Crippen LogP contribution in [0.25, 0.3) is 0 Å². The molecule has 1 aromatic heterocycles. The topological polar surface area (TPSA) is 28.4 Å². The molecular weight excluding hydrogens is 212 g/mol. The zero-order valence-corrected chi connectivity index (χ0v) is 11.0. The van der Waals surface area contributed by atoms with Gasteiger partial charge in [0.1, 0.15) is 5.76 Å². The molecule has 1 aliphatic rings. The lowest BCUT2D eigenvalue weighted by molar-refractivity contribution is 0.0938. The number of rotatable bonds is 5. The van der Waals surface area contributed by atoms with Crippen LogP contribution in [0, 0.1) is 0 Å². The Balaban J connectivity index is 1.76. The first-order valence-electron chi connectivity index (χ1n) is 6.67. The Morgan fingerprint density at radius 2 is 2.06 bits per heavy atom. The maximum absolute atomic E-state index is 5.32. The van der Waals surface area contributed by atoms with E-state index in [2.05, 4.69) is 24.1 Å². The van der Waals surface area contributed by atoms with Gasteiger partial charge in [-0.2, -0.15) is 0 Å². The summed E-state index contributed by atoms with van der Waals surface area (Å²) in [5.74, 6) is 1.01. The van der Waals surface area contributed by atoms with Crippen molar-refractivity contribution < 1.29 is 4.42 Å². The molecule has 2 rings (SSSR count). The van der Waals surface area contributed by atoms with Crippen LogP contribution in [0.2, 0.25) is 0 Å². The normalized spacial score (nSPS) is 18.5. The fourth-order valence-corrected chi connectivity index (χ4v) is 2.52. The summed E-state index contributed by atoms with van der Waals surface area (Å²) in [6, 6.07) is 3.95. The number of likely N-dealkylation sites (tertiary alicyclic amines) is 1. The molecule has 1 saturated heterocycles. The second-order valence-corrected chi connectivity index (χ2v) is 5.54. The molecule has 0 bridgehead atoms.